The zero-order valence-electron chi connectivity index (χ0n) is 17.4. The maximum Gasteiger partial charge on any atom is 0.251 e. The topological polar surface area (TPSA) is 104 Å². The van der Waals surface area contributed by atoms with Crippen molar-refractivity contribution in [2.75, 3.05) is 16.4 Å². The Hall–Kier alpha value is -2.87. The van der Waals surface area contributed by atoms with Crippen molar-refractivity contribution < 1.29 is 18.0 Å². The maximum absolute atomic E-state index is 12.6. The first-order chi connectivity index (χ1) is 14.2. The zero-order valence-corrected chi connectivity index (χ0v) is 18.2. The van der Waals surface area contributed by atoms with Crippen LogP contribution >= 0.6 is 0 Å². The van der Waals surface area contributed by atoms with E-state index in [0.717, 1.165) is 12.0 Å². The maximum atomic E-state index is 12.6. The van der Waals surface area contributed by atoms with E-state index < -0.39 is 21.8 Å². The number of nitrogens with one attached hydrogen (secondary N) is 3. The van der Waals surface area contributed by atoms with Crippen LogP contribution in [-0.2, 0) is 20.4 Å². The number of anilines is 2. The second-order valence-corrected chi connectivity index (χ2v) is 9.88. The number of hydrogen-bond donors (Lipinski definition) is 3. The van der Waals surface area contributed by atoms with Gasteiger partial charge in [0.1, 0.15) is 6.04 Å². The monoisotopic (exact) mass is 429 g/mol. The Morgan fingerprint density at radius 3 is 2.63 bits per heavy atom. The van der Waals surface area contributed by atoms with Gasteiger partial charge in [-0.25, -0.2) is 8.42 Å². The predicted octanol–water partition coefficient (Wildman–Crippen LogP) is 2.87. The van der Waals surface area contributed by atoms with Crippen molar-refractivity contribution in [1.29, 1.82) is 0 Å². The highest BCUT2D eigenvalue weighted by molar-refractivity contribution is 7.90. The normalized spacial score (nSPS) is 16.8. The van der Waals surface area contributed by atoms with Crippen LogP contribution in [0.25, 0.3) is 0 Å². The second kappa shape index (κ2) is 8.87. The van der Waals surface area contributed by atoms with Gasteiger partial charge in [-0.3, -0.25) is 9.59 Å². The number of fused-ring (bicyclic) bond motifs is 1. The van der Waals surface area contributed by atoms with E-state index in [1.165, 1.54) is 0 Å². The highest BCUT2D eigenvalue weighted by Gasteiger charge is 2.30. The fraction of sp³-hybridized carbons (Fsp3) is 0.364. The number of benzene rings is 2. The lowest BCUT2D eigenvalue weighted by Gasteiger charge is -2.27. The number of hydrogen-bond acceptors (Lipinski definition) is 5. The van der Waals surface area contributed by atoms with E-state index in [2.05, 4.69) is 16.0 Å². The summed E-state index contributed by atoms with van der Waals surface area (Å²) in [5, 5.41) is 8.60. The molecule has 1 heterocycles. The molecule has 0 bridgehead atoms. The number of carbonyl (C=O) groups excluding carboxylic acids is 2. The standard InChI is InChI=1S/C22H27N3O4S/c1-4-15(3)23-21(26)17-8-9-18-19(11-17)25-22(27)20(24-18)13-30(28,29)12-16-7-5-6-14(2)10-16/h5-11,15,20,24H,4,12-13H2,1-3H3,(H,23,26)(H,25,27)/t15-,20-/m0/s1. The molecule has 2 aromatic rings. The first-order valence-electron chi connectivity index (χ1n) is 9.95. The third kappa shape index (κ3) is 5.38. The van der Waals surface area contributed by atoms with Gasteiger partial charge in [0, 0.05) is 11.6 Å². The third-order valence-electron chi connectivity index (χ3n) is 5.07. The van der Waals surface area contributed by atoms with Gasteiger partial charge in [-0.05, 0) is 44.0 Å². The van der Waals surface area contributed by atoms with Crippen molar-refractivity contribution in [3.8, 4) is 0 Å². The van der Waals surface area contributed by atoms with Crippen LogP contribution in [0.4, 0.5) is 11.4 Å². The first-order valence-corrected chi connectivity index (χ1v) is 11.8. The number of amides is 2. The highest BCUT2D eigenvalue weighted by Crippen LogP contribution is 2.28. The van der Waals surface area contributed by atoms with Gasteiger partial charge in [0.2, 0.25) is 5.91 Å². The smallest absolute Gasteiger partial charge is 0.251 e. The summed E-state index contributed by atoms with van der Waals surface area (Å²) in [6.07, 6.45) is 0.813. The Bertz CT molecular complexity index is 1070. The Kier molecular flexibility index (Phi) is 6.45. The second-order valence-electron chi connectivity index (χ2n) is 7.77. The van der Waals surface area contributed by atoms with Gasteiger partial charge in [0.15, 0.2) is 9.84 Å². The van der Waals surface area contributed by atoms with Crippen LogP contribution < -0.4 is 16.0 Å². The van der Waals surface area contributed by atoms with Crippen molar-refractivity contribution in [1.82, 2.24) is 5.32 Å². The van der Waals surface area contributed by atoms with Crippen LogP contribution in [0, 0.1) is 6.92 Å². The summed E-state index contributed by atoms with van der Waals surface area (Å²) >= 11 is 0. The number of sulfone groups is 1. The Labute approximate surface area is 177 Å². The van der Waals surface area contributed by atoms with E-state index in [1.807, 2.05) is 39.0 Å². The molecule has 1 aliphatic heterocycles. The quantitative estimate of drug-likeness (QED) is 0.628. The van der Waals surface area contributed by atoms with Gasteiger partial charge >= 0.3 is 0 Å². The lowest BCUT2D eigenvalue weighted by molar-refractivity contribution is -0.116. The van der Waals surface area contributed by atoms with E-state index in [1.54, 1.807) is 24.3 Å². The molecule has 0 unspecified atom stereocenters. The predicted molar refractivity (Wildman–Crippen MR) is 118 cm³/mol. The molecule has 0 radical (unpaired) electrons. The average Bonchev–Trinajstić information content (AvgIpc) is 2.67. The molecule has 0 aliphatic carbocycles. The molecule has 7 nitrogen and oxygen atoms in total. The Morgan fingerprint density at radius 1 is 1.17 bits per heavy atom. The minimum absolute atomic E-state index is 0.0456. The summed E-state index contributed by atoms with van der Waals surface area (Å²) in [5.74, 6) is -1.09. The van der Waals surface area contributed by atoms with Gasteiger partial charge in [-0.2, -0.15) is 0 Å². The van der Waals surface area contributed by atoms with Crippen LogP contribution in [0.3, 0.4) is 0 Å². The van der Waals surface area contributed by atoms with Crippen LogP contribution in [0.5, 0.6) is 0 Å². The van der Waals surface area contributed by atoms with E-state index in [4.69, 9.17) is 0 Å². The molecular formula is C22H27N3O4S. The summed E-state index contributed by atoms with van der Waals surface area (Å²) < 4.78 is 25.3. The van der Waals surface area contributed by atoms with Gasteiger partial charge in [0.25, 0.3) is 5.91 Å². The largest absolute Gasteiger partial charge is 0.371 e. The molecule has 2 aromatic carbocycles. The van der Waals surface area contributed by atoms with E-state index in [-0.39, 0.29) is 23.5 Å². The van der Waals surface area contributed by atoms with Crippen molar-refractivity contribution in [3.05, 3.63) is 59.2 Å². The van der Waals surface area contributed by atoms with Crippen molar-refractivity contribution >= 4 is 33.0 Å². The molecule has 3 rings (SSSR count). The van der Waals surface area contributed by atoms with Crippen LogP contribution in [0.1, 0.15) is 41.8 Å². The van der Waals surface area contributed by atoms with Crippen LogP contribution in [0.15, 0.2) is 42.5 Å². The fourth-order valence-electron chi connectivity index (χ4n) is 3.28. The molecule has 160 valence electrons. The van der Waals surface area contributed by atoms with Crippen molar-refractivity contribution in [3.63, 3.8) is 0 Å². The summed E-state index contributed by atoms with van der Waals surface area (Å²) in [6.45, 7) is 5.80. The van der Waals surface area contributed by atoms with Crippen LogP contribution in [0.2, 0.25) is 0 Å². The van der Waals surface area contributed by atoms with E-state index in [9.17, 15) is 18.0 Å². The molecule has 0 aromatic heterocycles. The number of carbonyl (C=O) groups is 2. The first kappa shape index (κ1) is 21.8. The fourth-order valence-corrected chi connectivity index (χ4v) is 4.83. The molecule has 2 atom stereocenters. The highest BCUT2D eigenvalue weighted by atomic mass is 32.2. The minimum Gasteiger partial charge on any atom is -0.371 e. The SMILES string of the molecule is CC[C@H](C)NC(=O)c1ccc2c(c1)NC(=O)[C@H](CS(=O)(=O)Cc1cccc(C)c1)N2. The summed E-state index contributed by atoms with van der Waals surface area (Å²) in [6, 6.07) is 11.4. The number of rotatable bonds is 7. The minimum atomic E-state index is -3.51. The van der Waals surface area contributed by atoms with Gasteiger partial charge in [-0.15, -0.1) is 0 Å². The van der Waals surface area contributed by atoms with Gasteiger partial charge in [-0.1, -0.05) is 36.8 Å². The summed E-state index contributed by atoms with van der Waals surface area (Å²) in [4.78, 5) is 24.8. The molecule has 0 fully saturated rings. The number of aryl methyl sites for hydroxylation is 1. The molecule has 2 amide bonds. The molecule has 8 heteroatoms. The van der Waals surface area contributed by atoms with Crippen molar-refractivity contribution in [2.45, 2.75) is 45.0 Å². The Morgan fingerprint density at radius 2 is 1.93 bits per heavy atom. The zero-order chi connectivity index (χ0) is 21.9. The van der Waals surface area contributed by atoms with Gasteiger partial charge < -0.3 is 16.0 Å². The molecule has 1 aliphatic rings. The molecule has 0 saturated heterocycles. The van der Waals surface area contributed by atoms with Crippen LogP contribution in [-0.4, -0.2) is 38.1 Å². The van der Waals surface area contributed by atoms with Gasteiger partial charge in [0.05, 0.1) is 22.9 Å². The lowest BCUT2D eigenvalue weighted by Crippen LogP contribution is -2.43. The van der Waals surface area contributed by atoms with E-state index in [0.29, 0.717) is 22.5 Å². The van der Waals surface area contributed by atoms with E-state index >= 15 is 0 Å². The summed E-state index contributed by atoms with van der Waals surface area (Å²) in [7, 11) is -3.51. The Balaban J connectivity index is 1.71. The van der Waals surface area contributed by atoms with Crippen molar-refractivity contribution in [2.24, 2.45) is 0 Å². The molecule has 3 N–H and O–H groups in total. The molecule has 0 spiro atoms. The molecule has 0 saturated carbocycles. The summed E-state index contributed by atoms with van der Waals surface area (Å²) in [5.41, 5.74) is 3.16. The lowest BCUT2D eigenvalue weighted by atomic mass is 10.1. The molecule has 30 heavy (non-hydrogen) atoms. The third-order valence-corrected chi connectivity index (χ3v) is 6.68. The molecular weight excluding hydrogens is 402 g/mol. The average molecular weight is 430 g/mol.